The van der Waals surface area contributed by atoms with Crippen molar-refractivity contribution >= 4 is 38.7 Å². The Balaban J connectivity index is 0.000000200. The minimum Gasteiger partial charge on any atom is -0.309 e. The van der Waals surface area contributed by atoms with E-state index in [4.69, 9.17) is 0 Å². The maximum absolute atomic E-state index is 2.38. The lowest BCUT2D eigenvalue weighted by molar-refractivity contribution is 1.18. The van der Waals surface area contributed by atoms with Gasteiger partial charge in [0.25, 0.3) is 0 Å². The second kappa shape index (κ2) is 16.9. The summed E-state index contributed by atoms with van der Waals surface area (Å²) in [6.45, 7) is 12.5. The lowest BCUT2D eigenvalue weighted by Crippen LogP contribution is -1.93. The Bertz CT molecular complexity index is 2230. The van der Waals surface area contributed by atoms with E-state index in [-0.39, 0.29) is 0 Å². The van der Waals surface area contributed by atoms with Gasteiger partial charge in [0.1, 0.15) is 0 Å². The van der Waals surface area contributed by atoms with Crippen LogP contribution in [0.2, 0.25) is 0 Å². The van der Waals surface area contributed by atoms with Crippen LogP contribution in [0.25, 0.3) is 55.5 Å². The molecule has 0 fully saturated rings. The molecule has 0 amide bonds. The monoisotopic (exact) mass is 637 g/mol. The summed E-state index contributed by atoms with van der Waals surface area (Å²) in [6.07, 6.45) is 4.38. The molecule has 0 saturated carbocycles. The van der Waals surface area contributed by atoms with Crippen LogP contribution in [0.1, 0.15) is 43.0 Å². The first-order valence-electron chi connectivity index (χ1n) is 17.3. The van der Waals surface area contributed by atoms with Crippen LogP contribution in [-0.4, -0.2) is 4.57 Å². The van der Waals surface area contributed by atoms with Gasteiger partial charge in [-0.15, -0.1) is 0 Å². The lowest BCUT2D eigenvalue weighted by atomic mass is 9.98. The molecule has 0 spiro atoms. The molecule has 0 bridgehead atoms. The highest BCUT2D eigenvalue weighted by molar-refractivity contribution is 6.14. The van der Waals surface area contributed by atoms with Crippen LogP contribution in [0.15, 0.2) is 170 Å². The standard InChI is InChI=1S/C29H25N.C11H10.C6H6.C2H6/c1-4-8-25-21(3)13-17-28-29(25)26-19-23(22-14-11-20(2)12-15-22)16-18-27(26)30(28)24-9-6-5-7-10-24;1-9-6-7-10-4-2-3-5-11(10)8-9;1-2-4-6-5-3-1;1-2/h4-19H,1-3H3;2-8H,1H3;1-6H;1-2H3/b8-4-;;;. The molecule has 0 aliphatic heterocycles. The fourth-order valence-electron chi connectivity index (χ4n) is 6.10. The molecule has 1 heterocycles. The van der Waals surface area contributed by atoms with Gasteiger partial charge in [-0.05, 0) is 91.1 Å². The molecule has 8 aromatic rings. The van der Waals surface area contributed by atoms with Gasteiger partial charge in [-0.1, -0.05) is 171 Å². The van der Waals surface area contributed by atoms with E-state index in [1.807, 2.05) is 50.2 Å². The quantitative estimate of drug-likeness (QED) is 0.182. The number of fused-ring (bicyclic) bond motifs is 4. The van der Waals surface area contributed by atoms with Gasteiger partial charge in [-0.25, -0.2) is 0 Å². The fourth-order valence-corrected chi connectivity index (χ4v) is 6.10. The predicted octanol–water partition coefficient (Wildman–Crippen LogP) is 14.0. The third kappa shape index (κ3) is 8.26. The molecule has 1 nitrogen and oxygen atoms in total. The van der Waals surface area contributed by atoms with Crippen molar-refractivity contribution in [1.82, 2.24) is 4.57 Å². The Labute approximate surface area is 292 Å². The Morgan fingerprint density at radius 3 is 1.67 bits per heavy atom. The van der Waals surface area contributed by atoms with Crippen molar-refractivity contribution in [3.8, 4) is 16.8 Å². The number of nitrogens with zero attached hydrogens (tertiary/aromatic N) is 1. The zero-order valence-electron chi connectivity index (χ0n) is 29.7. The number of hydrogen-bond acceptors (Lipinski definition) is 0. The van der Waals surface area contributed by atoms with Crippen molar-refractivity contribution in [2.45, 2.75) is 41.5 Å². The molecule has 244 valence electrons. The Kier molecular flexibility index (Phi) is 12.0. The predicted molar refractivity (Wildman–Crippen MR) is 217 cm³/mol. The molecule has 0 saturated heterocycles. The summed E-state index contributed by atoms with van der Waals surface area (Å²) in [6, 6.07) is 57.7. The summed E-state index contributed by atoms with van der Waals surface area (Å²) >= 11 is 0. The first-order valence-corrected chi connectivity index (χ1v) is 17.3. The molecule has 0 unspecified atom stereocenters. The highest BCUT2D eigenvalue weighted by atomic mass is 15.0. The molecule has 1 heteroatoms. The van der Waals surface area contributed by atoms with Crippen molar-refractivity contribution in [2.24, 2.45) is 0 Å². The zero-order valence-corrected chi connectivity index (χ0v) is 29.7. The van der Waals surface area contributed by atoms with Crippen LogP contribution in [0, 0.1) is 20.8 Å². The van der Waals surface area contributed by atoms with Gasteiger partial charge in [0.15, 0.2) is 0 Å². The average Bonchev–Trinajstić information content (AvgIpc) is 3.49. The summed E-state index contributed by atoms with van der Waals surface area (Å²) in [5.74, 6) is 0. The van der Waals surface area contributed by atoms with Crippen molar-refractivity contribution < 1.29 is 0 Å². The van der Waals surface area contributed by atoms with Crippen LogP contribution in [0.5, 0.6) is 0 Å². The second-order valence-electron chi connectivity index (χ2n) is 12.0. The lowest BCUT2D eigenvalue weighted by Gasteiger charge is -2.09. The molecule has 7 aromatic carbocycles. The van der Waals surface area contributed by atoms with Gasteiger partial charge < -0.3 is 4.57 Å². The van der Waals surface area contributed by atoms with Crippen LogP contribution in [0.3, 0.4) is 0 Å². The third-order valence-electron chi connectivity index (χ3n) is 8.49. The molecule has 0 aliphatic rings. The number of hydrogen-bond donors (Lipinski definition) is 0. The first-order chi connectivity index (χ1) is 24.0. The normalized spacial score (nSPS) is 10.6. The molecule has 8 rings (SSSR count). The van der Waals surface area contributed by atoms with Crippen molar-refractivity contribution in [3.63, 3.8) is 0 Å². The largest absolute Gasteiger partial charge is 0.309 e. The van der Waals surface area contributed by atoms with E-state index in [2.05, 4.69) is 172 Å². The number of benzene rings is 7. The van der Waals surface area contributed by atoms with Gasteiger partial charge >= 0.3 is 0 Å². The second-order valence-corrected chi connectivity index (χ2v) is 12.0. The SMILES string of the molecule is C/C=C\c1c(C)ccc2c1c1cc(-c3ccc(C)cc3)ccc1n2-c1ccccc1.CC.Cc1ccc2ccccc2c1.c1ccccc1. The maximum atomic E-state index is 2.38. The van der Waals surface area contributed by atoms with E-state index in [0.717, 1.165) is 0 Å². The molecule has 0 atom stereocenters. The topological polar surface area (TPSA) is 4.93 Å². The molecular formula is C48H47N. The van der Waals surface area contributed by atoms with E-state index >= 15 is 0 Å². The number of aryl methyl sites for hydroxylation is 3. The van der Waals surface area contributed by atoms with Gasteiger partial charge in [-0.3, -0.25) is 0 Å². The molecule has 0 radical (unpaired) electrons. The Morgan fingerprint density at radius 2 is 1.02 bits per heavy atom. The van der Waals surface area contributed by atoms with E-state index in [9.17, 15) is 0 Å². The highest BCUT2D eigenvalue weighted by Gasteiger charge is 2.16. The molecule has 49 heavy (non-hydrogen) atoms. The third-order valence-corrected chi connectivity index (χ3v) is 8.49. The zero-order chi connectivity index (χ0) is 34.6. The first kappa shape index (κ1) is 34.7. The van der Waals surface area contributed by atoms with Crippen LogP contribution in [0.4, 0.5) is 0 Å². The van der Waals surface area contributed by atoms with Crippen molar-refractivity contribution in [3.05, 3.63) is 192 Å². The van der Waals surface area contributed by atoms with Crippen LogP contribution < -0.4 is 0 Å². The van der Waals surface area contributed by atoms with Crippen molar-refractivity contribution in [1.29, 1.82) is 0 Å². The van der Waals surface area contributed by atoms with E-state index < -0.39 is 0 Å². The van der Waals surface area contributed by atoms with Gasteiger partial charge in [0.2, 0.25) is 0 Å². The summed E-state index contributed by atoms with van der Waals surface area (Å²) in [7, 11) is 0. The van der Waals surface area contributed by atoms with Crippen LogP contribution >= 0.6 is 0 Å². The summed E-state index contributed by atoms with van der Waals surface area (Å²) in [4.78, 5) is 0. The van der Waals surface area contributed by atoms with Gasteiger partial charge in [-0.2, -0.15) is 0 Å². The van der Waals surface area contributed by atoms with E-state index in [0.29, 0.717) is 0 Å². The summed E-state index contributed by atoms with van der Waals surface area (Å²) in [5.41, 5.74) is 11.4. The molecular weight excluding hydrogens is 591 g/mol. The average molecular weight is 638 g/mol. The van der Waals surface area contributed by atoms with Crippen molar-refractivity contribution in [2.75, 3.05) is 0 Å². The highest BCUT2D eigenvalue weighted by Crippen LogP contribution is 2.38. The Morgan fingerprint density at radius 1 is 0.469 bits per heavy atom. The van der Waals surface area contributed by atoms with E-state index in [1.54, 1.807) is 0 Å². The number of allylic oxidation sites excluding steroid dienone is 1. The van der Waals surface area contributed by atoms with Gasteiger partial charge in [0, 0.05) is 16.5 Å². The fraction of sp³-hybridized carbons (Fsp3) is 0.125. The summed E-state index contributed by atoms with van der Waals surface area (Å²) < 4.78 is 2.38. The summed E-state index contributed by atoms with van der Waals surface area (Å²) in [5, 5.41) is 5.26. The minimum atomic E-state index is 1.19. The molecule has 1 aromatic heterocycles. The van der Waals surface area contributed by atoms with E-state index in [1.165, 1.54) is 71.6 Å². The molecule has 0 N–H and O–H groups in total. The van der Waals surface area contributed by atoms with Gasteiger partial charge in [0.05, 0.1) is 11.0 Å². The molecule has 0 aliphatic carbocycles. The smallest absolute Gasteiger partial charge is 0.0547 e. The number of rotatable bonds is 3. The Hall–Kier alpha value is -5.66. The minimum absolute atomic E-state index is 1.19. The van der Waals surface area contributed by atoms with Crippen LogP contribution in [-0.2, 0) is 0 Å². The number of aromatic nitrogens is 1. The maximum Gasteiger partial charge on any atom is 0.0547 e. The number of para-hydroxylation sites is 1.